The third-order valence-corrected chi connectivity index (χ3v) is 7.40. The first-order chi connectivity index (χ1) is 16.4. The molecule has 4 rings (SSSR count). The maximum Gasteiger partial charge on any atom is 0.339 e. The Kier molecular flexibility index (Phi) is 7.02. The molecule has 178 valence electrons. The number of anilines is 2. The maximum atomic E-state index is 12.7. The standard InChI is InChI=1S/C25H27N3O5S/c1-33-21-7-9-22(10-8-21)34(31,32)27-20-16-23(25(29)30)24(26-17-20)28-13-11-19(12-14-28)15-18-5-3-2-4-6-18/h2-10,16-17,19,27H,11-15H2,1H3,(H,29,30). The summed E-state index contributed by atoms with van der Waals surface area (Å²) < 4.78 is 32.9. The van der Waals surface area contributed by atoms with E-state index in [2.05, 4.69) is 21.8 Å². The summed E-state index contributed by atoms with van der Waals surface area (Å²) in [6.07, 6.45) is 4.22. The number of hydrogen-bond acceptors (Lipinski definition) is 6. The largest absolute Gasteiger partial charge is 0.497 e. The van der Waals surface area contributed by atoms with E-state index in [1.165, 1.54) is 37.1 Å². The number of benzene rings is 2. The van der Waals surface area contributed by atoms with Crippen LogP contribution >= 0.6 is 0 Å². The van der Waals surface area contributed by atoms with Crippen molar-refractivity contribution >= 4 is 27.5 Å². The summed E-state index contributed by atoms with van der Waals surface area (Å²) >= 11 is 0. The Morgan fingerprint density at radius 3 is 2.41 bits per heavy atom. The molecule has 8 nitrogen and oxygen atoms in total. The molecule has 1 fully saturated rings. The minimum Gasteiger partial charge on any atom is -0.497 e. The van der Waals surface area contributed by atoms with Gasteiger partial charge in [-0.3, -0.25) is 4.72 Å². The number of piperidine rings is 1. The van der Waals surface area contributed by atoms with E-state index in [0.717, 1.165) is 19.3 Å². The lowest BCUT2D eigenvalue weighted by Crippen LogP contribution is -2.36. The van der Waals surface area contributed by atoms with E-state index in [1.54, 1.807) is 12.1 Å². The maximum absolute atomic E-state index is 12.7. The van der Waals surface area contributed by atoms with Crippen molar-refractivity contribution in [1.82, 2.24) is 4.98 Å². The summed E-state index contributed by atoms with van der Waals surface area (Å²) in [6, 6.07) is 17.6. The number of carboxylic acid groups (broad SMARTS) is 1. The van der Waals surface area contributed by atoms with Gasteiger partial charge in [-0.2, -0.15) is 0 Å². The minimum absolute atomic E-state index is 0.0311. The first kappa shape index (κ1) is 23.6. The first-order valence-electron chi connectivity index (χ1n) is 11.0. The Morgan fingerprint density at radius 1 is 1.12 bits per heavy atom. The molecular formula is C25H27N3O5S. The van der Waals surface area contributed by atoms with Gasteiger partial charge < -0.3 is 14.7 Å². The molecule has 1 aliphatic rings. The van der Waals surface area contributed by atoms with E-state index in [1.807, 2.05) is 23.1 Å². The van der Waals surface area contributed by atoms with E-state index in [0.29, 0.717) is 30.6 Å². The highest BCUT2D eigenvalue weighted by molar-refractivity contribution is 7.92. The van der Waals surface area contributed by atoms with Crippen LogP contribution in [0.2, 0.25) is 0 Å². The number of ether oxygens (including phenoxy) is 1. The van der Waals surface area contributed by atoms with Crippen LogP contribution in [-0.4, -0.2) is 44.7 Å². The molecular weight excluding hydrogens is 454 g/mol. The van der Waals surface area contributed by atoms with Crippen LogP contribution in [0.4, 0.5) is 11.5 Å². The van der Waals surface area contributed by atoms with Gasteiger partial charge in [0.15, 0.2) is 0 Å². The Balaban J connectivity index is 1.47. The van der Waals surface area contributed by atoms with Crippen LogP contribution in [-0.2, 0) is 16.4 Å². The number of carboxylic acids is 1. The Labute approximate surface area is 199 Å². The summed E-state index contributed by atoms with van der Waals surface area (Å²) in [5.41, 5.74) is 1.37. The molecule has 1 saturated heterocycles. The normalized spacial score (nSPS) is 14.6. The second-order valence-electron chi connectivity index (χ2n) is 8.30. The molecule has 2 aromatic carbocycles. The lowest BCUT2D eigenvalue weighted by atomic mass is 9.90. The van der Waals surface area contributed by atoms with Gasteiger partial charge in [0.2, 0.25) is 0 Å². The molecule has 0 spiro atoms. The fourth-order valence-corrected chi connectivity index (χ4v) is 5.22. The predicted octanol–water partition coefficient (Wildman–Crippen LogP) is 4.05. The molecule has 0 radical (unpaired) electrons. The summed E-state index contributed by atoms with van der Waals surface area (Å²) in [4.78, 5) is 18.3. The minimum atomic E-state index is -3.91. The van der Waals surface area contributed by atoms with Crippen LogP contribution in [0.1, 0.15) is 28.8 Å². The summed E-state index contributed by atoms with van der Waals surface area (Å²) in [5.74, 6) is 0.269. The Hall–Kier alpha value is -3.59. The van der Waals surface area contributed by atoms with Gasteiger partial charge in [-0.05, 0) is 61.1 Å². The van der Waals surface area contributed by atoms with Gasteiger partial charge in [0.25, 0.3) is 10.0 Å². The van der Waals surface area contributed by atoms with Crippen molar-refractivity contribution in [3.63, 3.8) is 0 Å². The SMILES string of the molecule is COc1ccc(S(=O)(=O)Nc2cnc(N3CCC(Cc4ccccc4)CC3)c(C(=O)O)c2)cc1. The highest BCUT2D eigenvalue weighted by atomic mass is 32.2. The van der Waals surface area contributed by atoms with E-state index in [-0.39, 0.29) is 16.1 Å². The van der Waals surface area contributed by atoms with Crippen molar-refractivity contribution in [2.75, 3.05) is 29.8 Å². The van der Waals surface area contributed by atoms with Gasteiger partial charge in [0.05, 0.1) is 23.9 Å². The van der Waals surface area contributed by atoms with Crippen molar-refractivity contribution in [3.05, 3.63) is 78.0 Å². The van der Waals surface area contributed by atoms with Crippen molar-refractivity contribution in [2.45, 2.75) is 24.2 Å². The second kappa shape index (κ2) is 10.1. The highest BCUT2D eigenvalue weighted by Crippen LogP contribution is 2.29. The molecule has 0 bridgehead atoms. The molecule has 1 aliphatic heterocycles. The quantitative estimate of drug-likeness (QED) is 0.500. The highest BCUT2D eigenvalue weighted by Gasteiger charge is 2.25. The third kappa shape index (κ3) is 5.48. The van der Waals surface area contributed by atoms with Crippen LogP contribution in [0.15, 0.2) is 71.8 Å². The zero-order valence-electron chi connectivity index (χ0n) is 18.8. The van der Waals surface area contributed by atoms with E-state index in [9.17, 15) is 18.3 Å². The molecule has 0 atom stereocenters. The third-order valence-electron chi connectivity index (χ3n) is 6.00. The molecule has 0 unspecified atom stereocenters. The number of hydrogen-bond donors (Lipinski definition) is 2. The number of nitrogens with zero attached hydrogens (tertiary/aromatic N) is 2. The molecule has 0 saturated carbocycles. The van der Waals surface area contributed by atoms with Crippen molar-refractivity contribution in [1.29, 1.82) is 0 Å². The predicted molar refractivity (Wildman–Crippen MR) is 130 cm³/mol. The van der Waals surface area contributed by atoms with Crippen LogP contribution < -0.4 is 14.4 Å². The van der Waals surface area contributed by atoms with Crippen LogP contribution in [0.25, 0.3) is 0 Å². The number of pyridine rings is 1. The monoisotopic (exact) mass is 481 g/mol. The molecule has 34 heavy (non-hydrogen) atoms. The van der Waals surface area contributed by atoms with Crippen LogP contribution in [0.3, 0.4) is 0 Å². The number of methoxy groups -OCH3 is 1. The number of aromatic nitrogens is 1. The summed E-state index contributed by atoms with van der Waals surface area (Å²) in [7, 11) is -2.41. The Morgan fingerprint density at radius 2 is 1.79 bits per heavy atom. The molecule has 2 heterocycles. The lowest BCUT2D eigenvalue weighted by Gasteiger charge is -2.33. The topological polar surface area (TPSA) is 109 Å². The van der Waals surface area contributed by atoms with Gasteiger partial charge in [0, 0.05) is 13.1 Å². The fourth-order valence-electron chi connectivity index (χ4n) is 4.19. The van der Waals surface area contributed by atoms with Crippen LogP contribution in [0, 0.1) is 5.92 Å². The van der Waals surface area contributed by atoms with Crippen molar-refractivity contribution < 1.29 is 23.1 Å². The molecule has 9 heteroatoms. The molecule has 2 N–H and O–H groups in total. The van der Waals surface area contributed by atoms with Crippen molar-refractivity contribution in [2.24, 2.45) is 5.92 Å². The molecule has 3 aromatic rings. The molecule has 0 amide bonds. The molecule has 1 aromatic heterocycles. The number of nitrogens with one attached hydrogen (secondary N) is 1. The average molecular weight is 482 g/mol. The van der Waals surface area contributed by atoms with Gasteiger partial charge in [0.1, 0.15) is 17.1 Å². The number of rotatable bonds is 8. The van der Waals surface area contributed by atoms with Crippen molar-refractivity contribution in [3.8, 4) is 5.75 Å². The Bertz CT molecular complexity index is 1240. The fraction of sp³-hybridized carbons (Fsp3) is 0.280. The van der Waals surface area contributed by atoms with E-state index < -0.39 is 16.0 Å². The number of carbonyl (C=O) groups is 1. The van der Waals surface area contributed by atoms with Crippen LogP contribution in [0.5, 0.6) is 5.75 Å². The lowest BCUT2D eigenvalue weighted by molar-refractivity contribution is 0.0697. The van der Waals surface area contributed by atoms with Gasteiger partial charge in [-0.15, -0.1) is 0 Å². The van der Waals surface area contributed by atoms with Gasteiger partial charge in [-0.1, -0.05) is 30.3 Å². The summed E-state index contributed by atoms with van der Waals surface area (Å²) in [5, 5.41) is 9.78. The smallest absolute Gasteiger partial charge is 0.339 e. The number of aromatic carboxylic acids is 1. The average Bonchev–Trinajstić information content (AvgIpc) is 2.85. The van der Waals surface area contributed by atoms with E-state index >= 15 is 0 Å². The van der Waals surface area contributed by atoms with Gasteiger partial charge in [-0.25, -0.2) is 18.2 Å². The zero-order chi connectivity index (χ0) is 24.1. The summed E-state index contributed by atoms with van der Waals surface area (Å²) in [6.45, 7) is 1.39. The molecule has 0 aliphatic carbocycles. The first-order valence-corrected chi connectivity index (χ1v) is 12.5. The second-order valence-corrected chi connectivity index (χ2v) is 9.98. The van der Waals surface area contributed by atoms with Gasteiger partial charge >= 0.3 is 5.97 Å². The van der Waals surface area contributed by atoms with E-state index in [4.69, 9.17) is 4.74 Å². The number of sulfonamides is 1. The zero-order valence-corrected chi connectivity index (χ0v) is 19.7.